The first-order valence-corrected chi connectivity index (χ1v) is 6.77. The zero-order valence-electron chi connectivity index (χ0n) is 10.5. The molecule has 0 amide bonds. The molecule has 1 aromatic heterocycles. The molecule has 0 aliphatic rings. The number of nitrogens with one attached hydrogen (secondary N) is 2. The number of hydrogen-bond donors (Lipinski definition) is 3. The standard InChI is InChI=1S/C13H15Cl2N3O/c1-2-11(13-16-3-4-17-13)18-7-8-5-9(14)6-10(15)12(8)19/h3-6,11,18-19H,2,7H2,1H3,(H,16,17). The van der Waals surface area contributed by atoms with Crippen molar-refractivity contribution in [3.63, 3.8) is 0 Å². The quantitative estimate of drug-likeness (QED) is 0.789. The van der Waals surface area contributed by atoms with Crippen LogP contribution in [0.3, 0.4) is 0 Å². The van der Waals surface area contributed by atoms with Gasteiger partial charge < -0.3 is 15.4 Å². The summed E-state index contributed by atoms with van der Waals surface area (Å²) in [6, 6.07) is 3.31. The molecule has 0 saturated carbocycles. The van der Waals surface area contributed by atoms with Crippen LogP contribution < -0.4 is 5.32 Å². The fourth-order valence-electron chi connectivity index (χ4n) is 1.89. The number of benzene rings is 1. The summed E-state index contributed by atoms with van der Waals surface area (Å²) >= 11 is 11.8. The van der Waals surface area contributed by atoms with Gasteiger partial charge in [0.1, 0.15) is 11.6 Å². The third-order valence-corrected chi connectivity index (χ3v) is 3.41. The number of aromatic amines is 1. The second kappa shape index (κ2) is 6.28. The first-order chi connectivity index (χ1) is 9.11. The fraction of sp³-hybridized carbons (Fsp3) is 0.308. The van der Waals surface area contributed by atoms with Gasteiger partial charge in [0.2, 0.25) is 0 Å². The number of halogens is 2. The average molecular weight is 300 g/mol. The minimum absolute atomic E-state index is 0.0628. The minimum Gasteiger partial charge on any atom is -0.506 e. The van der Waals surface area contributed by atoms with Crippen LogP contribution in [-0.2, 0) is 6.54 Å². The predicted octanol–water partition coefficient (Wildman–Crippen LogP) is 3.66. The Hall–Kier alpha value is -1.23. The van der Waals surface area contributed by atoms with Crippen molar-refractivity contribution < 1.29 is 5.11 Å². The van der Waals surface area contributed by atoms with Crippen molar-refractivity contribution in [3.8, 4) is 5.75 Å². The van der Waals surface area contributed by atoms with Gasteiger partial charge in [-0.1, -0.05) is 30.1 Å². The van der Waals surface area contributed by atoms with Gasteiger partial charge in [-0.3, -0.25) is 0 Å². The summed E-state index contributed by atoms with van der Waals surface area (Å²) in [4.78, 5) is 7.30. The first kappa shape index (κ1) is 14.2. The molecule has 4 nitrogen and oxygen atoms in total. The lowest BCUT2D eigenvalue weighted by molar-refractivity contribution is 0.451. The Morgan fingerprint density at radius 1 is 1.42 bits per heavy atom. The van der Waals surface area contributed by atoms with Crippen molar-refractivity contribution in [1.29, 1.82) is 0 Å². The molecule has 1 unspecified atom stereocenters. The van der Waals surface area contributed by atoms with Gasteiger partial charge in [0, 0.05) is 29.5 Å². The van der Waals surface area contributed by atoms with E-state index in [4.69, 9.17) is 23.2 Å². The van der Waals surface area contributed by atoms with E-state index >= 15 is 0 Å². The molecule has 0 fully saturated rings. The molecule has 3 N–H and O–H groups in total. The molecule has 0 aliphatic carbocycles. The Kier molecular flexibility index (Phi) is 4.69. The van der Waals surface area contributed by atoms with E-state index < -0.39 is 0 Å². The van der Waals surface area contributed by atoms with Gasteiger partial charge in [-0.25, -0.2) is 4.98 Å². The van der Waals surface area contributed by atoms with Crippen molar-refractivity contribution in [1.82, 2.24) is 15.3 Å². The predicted molar refractivity (Wildman–Crippen MR) is 76.6 cm³/mol. The molecule has 0 bridgehead atoms. The molecule has 1 heterocycles. The Morgan fingerprint density at radius 3 is 2.84 bits per heavy atom. The highest BCUT2D eigenvalue weighted by molar-refractivity contribution is 6.35. The number of nitrogens with zero attached hydrogens (tertiary/aromatic N) is 1. The number of rotatable bonds is 5. The smallest absolute Gasteiger partial charge is 0.138 e. The number of H-pyrrole nitrogens is 1. The van der Waals surface area contributed by atoms with E-state index in [9.17, 15) is 5.11 Å². The summed E-state index contributed by atoms with van der Waals surface area (Å²) in [5.74, 6) is 0.933. The third kappa shape index (κ3) is 3.41. The molecular weight excluding hydrogens is 285 g/mol. The van der Waals surface area contributed by atoms with E-state index in [-0.39, 0.29) is 16.8 Å². The van der Waals surface area contributed by atoms with Crippen LogP contribution in [0.5, 0.6) is 5.75 Å². The van der Waals surface area contributed by atoms with Crippen LogP contribution in [-0.4, -0.2) is 15.1 Å². The minimum atomic E-state index is 0.0628. The maximum atomic E-state index is 9.88. The van der Waals surface area contributed by atoms with E-state index in [0.29, 0.717) is 17.1 Å². The summed E-state index contributed by atoms with van der Waals surface area (Å²) in [7, 11) is 0. The average Bonchev–Trinajstić information content (AvgIpc) is 2.89. The van der Waals surface area contributed by atoms with Crippen LogP contribution in [0.15, 0.2) is 24.5 Å². The molecule has 0 spiro atoms. The molecule has 102 valence electrons. The molecular formula is C13H15Cl2N3O. The van der Waals surface area contributed by atoms with Crippen LogP contribution in [0.4, 0.5) is 0 Å². The Labute approximate surface area is 121 Å². The van der Waals surface area contributed by atoms with Crippen molar-refractivity contribution in [2.45, 2.75) is 25.9 Å². The lowest BCUT2D eigenvalue weighted by Crippen LogP contribution is -2.21. The zero-order chi connectivity index (χ0) is 13.8. The van der Waals surface area contributed by atoms with Crippen LogP contribution in [0, 0.1) is 0 Å². The highest BCUT2D eigenvalue weighted by Gasteiger charge is 2.13. The molecule has 1 aromatic carbocycles. The fourth-order valence-corrected chi connectivity index (χ4v) is 2.43. The number of aromatic nitrogens is 2. The molecule has 6 heteroatoms. The largest absolute Gasteiger partial charge is 0.506 e. The Morgan fingerprint density at radius 2 is 2.21 bits per heavy atom. The van der Waals surface area contributed by atoms with E-state index in [1.54, 1.807) is 18.5 Å². The second-order valence-electron chi connectivity index (χ2n) is 4.21. The normalized spacial score (nSPS) is 12.6. The summed E-state index contributed by atoms with van der Waals surface area (Å²) < 4.78 is 0. The number of imidazole rings is 1. The molecule has 1 atom stereocenters. The van der Waals surface area contributed by atoms with E-state index in [2.05, 4.69) is 22.2 Å². The number of phenols is 1. The van der Waals surface area contributed by atoms with Crippen molar-refractivity contribution in [3.05, 3.63) is 46.0 Å². The molecule has 2 rings (SSSR count). The van der Waals surface area contributed by atoms with Crippen molar-refractivity contribution >= 4 is 23.2 Å². The lowest BCUT2D eigenvalue weighted by atomic mass is 10.1. The van der Waals surface area contributed by atoms with Gasteiger partial charge in [0.05, 0.1) is 11.1 Å². The third-order valence-electron chi connectivity index (χ3n) is 2.90. The SMILES string of the molecule is CCC(NCc1cc(Cl)cc(Cl)c1O)c1ncc[nH]1. The van der Waals surface area contributed by atoms with Gasteiger partial charge in [-0.2, -0.15) is 0 Å². The number of aromatic hydroxyl groups is 1. The summed E-state index contributed by atoms with van der Waals surface area (Å²) in [5, 5.41) is 14.0. The maximum Gasteiger partial charge on any atom is 0.138 e. The molecule has 0 radical (unpaired) electrons. The monoisotopic (exact) mass is 299 g/mol. The summed E-state index contributed by atoms with van der Waals surface area (Å²) in [6.07, 6.45) is 4.38. The lowest BCUT2D eigenvalue weighted by Gasteiger charge is -2.15. The Bertz CT molecular complexity index is 543. The van der Waals surface area contributed by atoms with Gasteiger partial charge in [-0.05, 0) is 18.6 Å². The van der Waals surface area contributed by atoms with Crippen LogP contribution in [0.1, 0.15) is 30.8 Å². The molecule has 0 saturated heterocycles. The van der Waals surface area contributed by atoms with Gasteiger partial charge >= 0.3 is 0 Å². The highest BCUT2D eigenvalue weighted by Crippen LogP contribution is 2.31. The van der Waals surface area contributed by atoms with E-state index in [1.807, 2.05) is 0 Å². The topological polar surface area (TPSA) is 60.9 Å². The molecule has 2 aromatic rings. The molecule has 19 heavy (non-hydrogen) atoms. The van der Waals surface area contributed by atoms with Gasteiger partial charge in [-0.15, -0.1) is 0 Å². The van der Waals surface area contributed by atoms with E-state index in [1.165, 1.54) is 6.07 Å². The van der Waals surface area contributed by atoms with Crippen molar-refractivity contribution in [2.24, 2.45) is 0 Å². The number of hydrogen-bond acceptors (Lipinski definition) is 3. The zero-order valence-corrected chi connectivity index (χ0v) is 12.0. The van der Waals surface area contributed by atoms with Gasteiger partial charge in [0.25, 0.3) is 0 Å². The van der Waals surface area contributed by atoms with Crippen molar-refractivity contribution in [2.75, 3.05) is 0 Å². The summed E-state index contributed by atoms with van der Waals surface area (Å²) in [5.41, 5.74) is 0.669. The van der Waals surface area contributed by atoms with Gasteiger partial charge in [0.15, 0.2) is 0 Å². The molecule has 0 aliphatic heterocycles. The second-order valence-corrected chi connectivity index (χ2v) is 5.06. The number of phenolic OH excluding ortho intramolecular Hbond substituents is 1. The first-order valence-electron chi connectivity index (χ1n) is 6.01. The van der Waals surface area contributed by atoms with Crippen LogP contribution >= 0.6 is 23.2 Å². The highest BCUT2D eigenvalue weighted by atomic mass is 35.5. The Balaban J connectivity index is 2.10. The maximum absolute atomic E-state index is 9.88. The van der Waals surface area contributed by atoms with Crippen LogP contribution in [0.2, 0.25) is 10.0 Å². The summed E-state index contributed by atoms with van der Waals surface area (Å²) in [6.45, 7) is 2.52. The van der Waals surface area contributed by atoms with E-state index in [0.717, 1.165) is 12.2 Å². The van der Waals surface area contributed by atoms with Crippen LogP contribution in [0.25, 0.3) is 0 Å².